The van der Waals surface area contributed by atoms with Crippen LogP contribution in [0, 0.1) is 11.8 Å². The van der Waals surface area contributed by atoms with Crippen LogP contribution in [-0.4, -0.2) is 37.2 Å². The fourth-order valence-corrected chi connectivity index (χ4v) is 1.41. The van der Waals surface area contributed by atoms with Crippen molar-refractivity contribution in [1.82, 2.24) is 0 Å². The molecule has 0 aliphatic heterocycles. The zero-order valence-electron chi connectivity index (χ0n) is 13.5. The maximum atomic E-state index is 11.7. The van der Waals surface area contributed by atoms with Crippen LogP contribution in [0.1, 0.15) is 47.5 Å². The standard InChI is InChI=1S/C15H26O6/c1-10(2)11(3)21-15(18)7-6-14(8-19-12(4)16)9-20-13(5)17/h10-11,14H,6-9H2,1-5H3. The van der Waals surface area contributed by atoms with Gasteiger partial charge in [-0.2, -0.15) is 0 Å². The fourth-order valence-electron chi connectivity index (χ4n) is 1.41. The summed E-state index contributed by atoms with van der Waals surface area (Å²) in [6.07, 6.45) is 0.493. The number of hydrogen-bond acceptors (Lipinski definition) is 6. The van der Waals surface area contributed by atoms with Crippen molar-refractivity contribution < 1.29 is 28.6 Å². The molecule has 6 heteroatoms. The highest BCUT2D eigenvalue weighted by molar-refractivity contribution is 5.69. The zero-order chi connectivity index (χ0) is 16.4. The molecule has 0 bridgehead atoms. The molecule has 0 saturated heterocycles. The quantitative estimate of drug-likeness (QED) is 0.479. The lowest BCUT2D eigenvalue weighted by Gasteiger charge is -2.19. The van der Waals surface area contributed by atoms with Gasteiger partial charge >= 0.3 is 17.9 Å². The maximum Gasteiger partial charge on any atom is 0.306 e. The largest absolute Gasteiger partial charge is 0.465 e. The minimum absolute atomic E-state index is 0.121. The Balaban J connectivity index is 4.22. The molecule has 0 amide bonds. The van der Waals surface area contributed by atoms with Crippen LogP contribution in [0.5, 0.6) is 0 Å². The first kappa shape index (κ1) is 19.4. The Labute approximate surface area is 126 Å². The lowest BCUT2D eigenvalue weighted by Crippen LogP contribution is -2.23. The molecule has 0 heterocycles. The molecule has 0 rings (SSSR count). The molecule has 0 radical (unpaired) electrons. The molecule has 0 saturated carbocycles. The van der Waals surface area contributed by atoms with Crippen molar-refractivity contribution in [1.29, 1.82) is 0 Å². The lowest BCUT2D eigenvalue weighted by molar-refractivity contribution is -0.151. The highest BCUT2D eigenvalue weighted by Gasteiger charge is 2.17. The van der Waals surface area contributed by atoms with E-state index in [0.717, 1.165) is 0 Å². The normalized spacial score (nSPS) is 12.1. The van der Waals surface area contributed by atoms with Crippen LogP contribution in [0.3, 0.4) is 0 Å². The van der Waals surface area contributed by atoms with Crippen molar-refractivity contribution in [3.63, 3.8) is 0 Å². The Hall–Kier alpha value is -1.59. The molecule has 0 aliphatic carbocycles. The number of rotatable bonds is 9. The predicted octanol–water partition coefficient (Wildman–Crippen LogP) is 2.10. The van der Waals surface area contributed by atoms with Gasteiger partial charge in [-0.25, -0.2) is 0 Å². The van der Waals surface area contributed by atoms with E-state index in [4.69, 9.17) is 14.2 Å². The summed E-state index contributed by atoms with van der Waals surface area (Å²) in [6, 6.07) is 0. The molecule has 0 N–H and O–H groups in total. The van der Waals surface area contributed by atoms with Gasteiger partial charge in [0.15, 0.2) is 0 Å². The maximum absolute atomic E-state index is 11.7. The van der Waals surface area contributed by atoms with E-state index >= 15 is 0 Å². The second kappa shape index (κ2) is 10.2. The van der Waals surface area contributed by atoms with Crippen molar-refractivity contribution >= 4 is 17.9 Å². The van der Waals surface area contributed by atoms with E-state index in [-0.39, 0.29) is 43.5 Å². The second-order valence-electron chi connectivity index (χ2n) is 5.45. The van der Waals surface area contributed by atoms with Gasteiger partial charge in [-0.15, -0.1) is 0 Å². The summed E-state index contributed by atoms with van der Waals surface area (Å²) in [5, 5.41) is 0. The number of hydrogen-bond donors (Lipinski definition) is 0. The summed E-state index contributed by atoms with van der Waals surface area (Å²) >= 11 is 0. The van der Waals surface area contributed by atoms with Crippen molar-refractivity contribution in [2.45, 2.75) is 53.6 Å². The number of carbonyl (C=O) groups excluding carboxylic acids is 3. The smallest absolute Gasteiger partial charge is 0.306 e. The third-order valence-electron chi connectivity index (χ3n) is 3.06. The summed E-state index contributed by atoms with van der Waals surface area (Å²) in [5.41, 5.74) is 0. The second-order valence-corrected chi connectivity index (χ2v) is 5.45. The van der Waals surface area contributed by atoms with Gasteiger partial charge in [0.05, 0.1) is 13.2 Å². The number of esters is 3. The molecule has 1 unspecified atom stereocenters. The van der Waals surface area contributed by atoms with Gasteiger partial charge in [-0.1, -0.05) is 13.8 Å². The Kier molecular flexibility index (Phi) is 9.41. The molecule has 0 aromatic rings. The summed E-state index contributed by atoms with van der Waals surface area (Å²) in [6.45, 7) is 8.65. The molecule has 0 aromatic carbocycles. The molecule has 0 aliphatic rings. The Morgan fingerprint density at radius 2 is 1.38 bits per heavy atom. The monoisotopic (exact) mass is 302 g/mol. The van der Waals surface area contributed by atoms with E-state index in [1.54, 1.807) is 0 Å². The Bertz CT molecular complexity index is 332. The van der Waals surface area contributed by atoms with Crippen molar-refractivity contribution in [2.75, 3.05) is 13.2 Å². The van der Waals surface area contributed by atoms with Gasteiger partial charge in [0, 0.05) is 26.2 Å². The van der Waals surface area contributed by atoms with Gasteiger partial charge in [0.1, 0.15) is 6.10 Å². The molecule has 0 fully saturated rings. The first-order chi connectivity index (χ1) is 9.72. The minimum atomic E-state index is -0.404. The van der Waals surface area contributed by atoms with Crippen LogP contribution in [0.2, 0.25) is 0 Å². The van der Waals surface area contributed by atoms with E-state index in [1.807, 2.05) is 20.8 Å². The third-order valence-corrected chi connectivity index (χ3v) is 3.06. The van der Waals surface area contributed by atoms with E-state index in [2.05, 4.69) is 0 Å². The highest BCUT2D eigenvalue weighted by atomic mass is 16.5. The highest BCUT2D eigenvalue weighted by Crippen LogP contribution is 2.12. The van der Waals surface area contributed by atoms with Gasteiger partial charge in [0.2, 0.25) is 0 Å². The number of ether oxygens (including phenoxy) is 3. The average molecular weight is 302 g/mol. The first-order valence-electron chi connectivity index (χ1n) is 7.18. The van der Waals surface area contributed by atoms with E-state index in [0.29, 0.717) is 6.42 Å². The van der Waals surface area contributed by atoms with Crippen LogP contribution in [0.25, 0.3) is 0 Å². The predicted molar refractivity (Wildman–Crippen MR) is 76.4 cm³/mol. The van der Waals surface area contributed by atoms with Gasteiger partial charge < -0.3 is 14.2 Å². The van der Waals surface area contributed by atoms with Crippen molar-refractivity contribution in [3.8, 4) is 0 Å². The average Bonchev–Trinajstić information content (AvgIpc) is 2.36. The van der Waals surface area contributed by atoms with Gasteiger partial charge in [-0.05, 0) is 19.3 Å². The minimum Gasteiger partial charge on any atom is -0.465 e. The molecule has 0 spiro atoms. The summed E-state index contributed by atoms with van der Waals surface area (Å²) in [5.74, 6) is -1.06. The van der Waals surface area contributed by atoms with E-state index in [9.17, 15) is 14.4 Å². The van der Waals surface area contributed by atoms with Crippen LogP contribution in [0.4, 0.5) is 0 Å². The fraction of sp³-hybridized carbons (Fsp3) is 0.800. The third kappa shape index (κ3) is 10.8. The van der Waals surface area contributed by atoms with E-state index in [1.165, 1.54) is 13.8 Å². The Morgan fingerprint density at radius 1 is 0.905 bits per heavy atom. The molecule has 6 nitrogen and oxygen atoms in total. The van der Waals surface area contributed by atoms with Crippen molar-refractivity contribution in [3.05, 3.63) is 0 Å². The van der Waals surface area contributed by atoms with Gasteiger partial charge in [-0.3, -0.25) is 14.4 Å². The first-order valence-corrected chi connectivity index (χ1v) is 7.18. The molecule has 122 valence electrons. The van der Waals surface area contributed by atoms with Crippen LogP contribution < -0.4 is 0 Å². The molecular formula is C15H26O6. The SMILES string of the molecule is CC(=O)OCC(CCC(=O)OC(C)C(C)C)COC(C)=O. The molecular weight excluding hydrogens is 276 g/mol. The van der Waals surface area contributed by atoms with Crippen LogP contribution >= 0.6 is 0 Å². The number of carbonyl (C=O) groups is 3. The van der Waals surface area contributed by atoms with Crippen molar-refractivity contribution in [2.24, 2.45) is 11.8 Å². The molecule has 21 heavy (non-hydrogen) atoms. The summed E-state index contributed by atoms with van der Waals surface area (Å²) in [4.78, 5) is 33.3. The van der Waals surface area contributed by atoms with Crippen LogP contribution in [-0.2, 0) is 28.6 Å². The topological polar surface area (TPSA) is 78.9 Å². The summed E-state index contributed by atoms with van der Waals surface area (Å²) < 4.78 is 15.1. The van der Waals surface area contributed by atoms with E-state index < -0.39 is 11.9 Å². The van der Waals surface area contributed by atoms with Crippen LogP contribution in [0.15, 0.2) is 0 Å². The Morgan fingerprint density at radius 3 is 1.76 bits per heavy atom. The zero-order valence-corrected chi connectivity index (χ0v) is 13.5. The molecule has 1 atom stereocenters. The summed E-state index contributed by atoms with van der Waals surface area (Å²) in [7, 11) is 0. The lowest BCUT2D eigenvalue weighted by atomic mass is 10.1. The van der Waals surface area contributed by atoms with Gasteiger partial charge in [0.25, 0.3) is 0 Å². The molecule has 0 aromatic heterocycles.